The van der Waals surface area contributed by atoms with Crippen molar-refractivity contribution in [3.05, 3.63) is 41.2 Å². The van der Waals surface area contributed by atoms with Crippen molar-refractivity contribution in [1.29, 1.82) is 0 Å². The topological polar surface area (TPSA) is 55.0 Å². The fourth-order valence-electron chi connectivity index (χ4n) is 1.59. The summed E-state index contributed by atoms with van der Waals surface area (Å²) in [4.78, 5) is 10.8. The smallest absolute Gasteiger partial charge is 0.180 e. The van der Waals surface area contributed by atoms with Gasteiger partial charge in [0.25, 0.3) is 0 Å². The molecular weight excluding hydrogens is 232 g/mol. The van der Waals surface area contributed by atoms with E-state index in [1.807, 2.05) is 29.8 Å². The molecule has 0 aliphatic carbocycles. The number of anilines is 1. The van der Waals surface area contributed by atoms with Crippen LogP contribution in [0.2, 0.25) is 0 Å². The number of aromatic nitrogens is 2. The van der Waals surface area contributed by atoms with E-state index < -0.39 is 0 Å². The van der Waals surface area contributed by atoms with E-state index in [4.69, 9.17) is 5.73 Å². The summed E-state index contributed by atoms with van der Waals surface area (Å²) in [5.74, 6) is 0. The van der Waals surface area contributed by atoms with Crippen LogP contribution in [0.25, 0.3) is 0 Å². The van der Waals surface area contributed by atoms with Crippen molar-refractivity contribution in [1.82, 2.24) is 14.9 Å². The van der Waals surface area contributed by atoms with Crippen LogP contribution in [0.5, 0.6) is 0 Å². The molecule has 0 amide bonds. The van der Waals surface area contributed by atoms with E-state index in [2.05, 4.69) is 21.9 Å². The minimum atomic E-state index is 0.646. The minimum Gasteiger partial charge on any atom is -0.375 e. The molecule has 5 heteroatoms. The molecule has 0 radical (unpaired) electrons. The summed E-state index contributed by atoms with van der Waals surface area (Å²) in [6.45, 7) is 1.82. The van der Waals surface area contributed by atoms with E-state index in [-0.39, 0.29) is 0 Å². The normalized spacial score (nSPS) is 10.9. The number of pyridine rings is 1. The van der Waals surface area contributed by atoms with Crippen molar-refractivity contribution in [2.75, 3.05) is 19.3 Å². The Morgan fingerprint density at radius 2 is 2.24 bits per heavy atom. The standard InChI is InChI=1S/C12H16N4S/c1-16(8-10-4-2-3-6-14-10)7-5-11-9-17-12(13)15-11/h2-4,6,9H,5,7-8H2,1H3,(H2,13,15). The zero-order chi connectivity index (χ0) is 12.1. The Morgan fingerprint density at radius 1 is 1.35 bits per heavy atom. The highest BCUT2D eigenvalue weighted by molar-refractivity contribution is 7.13. The average molecular weight is 248 g/mol. The summed E-state index contributed by atoms with van der Waals surface area (Å²) in [6, 6.07) is 5.98. The lowest BCUT2D eigenvalue weighted by molar-refractivity contribution is 0.326. The Balaban J connectivity index is 1.80. The van der Waals surface area contributed by atoms with Gasteiger partial charge in [-0.1, -0.05) is 6.07 Å². The average Bonchev–Trinajstić information content (AvgIpc) is 2.74. The summed E-state index contributed by atoms with van der Waals surface area (Å²) in [5, 5.41) is 2.66. The Labute approximate surface area is 105 Å². The highest BCUT2D eigenvalue weighted by atomic mass is 32.1. The van der Waals surface area contributed by atoms with Gasteiger partial charge in [0, 0.05) is 31.1 Å². The van der Waals surface area contributed by atoms with Crippen LogP contribution in [0.15, 0.2) is 29.8 Å². The van der Waals surface area contributed by atoms with Gasteiger partial charge in [-0.25, -0.2) is 4.98 Å². The van der Waals surface area contributed by atoms with Gasteiger partial charge in [-0.05, 0) is 19.2 Å². The van der Waals surface area contributed by atoms with E-state index in [1.165, 1.54) is 11.3 Å². The van der Waals surface area contributed by atoms with Gasteiger partial charge in [-0.15, -0.1) is 11.3 Å². The first-order valence-corrected chi connectivity index (χ1v) is 6.40. The van der Waals surface area contributed by atoms with E-state index >= 15 is 0 Å². The third kappa shape index (κ3) is 3.80. The predicted molar refractivity (Wildman–Crippen MR) is 70.8 cm³/mol. The van der Waals surface area contributed by atoms with E-state index in [0.717, 1.165) is 30.9 Å². The quantitative estimate of drug-likeness (QED) is 0.876. The maximum atomic E-state index is 5.59. The van der Waals surface area contributed by atoms with Gasteiger partial charge in [0.05, 0.1) is 11.4 Å². The molecule has 90 valence electrons. The Bertz CT molecular complexity index is 455. The number of thiazole rings is 1. The van der Waals surface area contributed by atoms with Crippen molar-refractivity contribution in [2.45, 2.75) is 13.0 Å². The fourth-order valence-corrected chi connectivity index (χ4v) is 2.19. The third-order valence-electron chi connectivity index (χ3n) is 2.48. The molecule has 2 N–H and O–H groups in total. The van der Waals surface area contributed by atoms with Crippen molar-refractivity contribution >= 4 is 16.5 Å². The number of hydrogen-bond acceptors (Lipinski definition) is 5. The maximum Gasteiger partial charge on any atom is 0.180 e. The van der Waals surface area contributed by atoms with Gasteiger partial charge in [0.2, 0.25) is 0 Å². The molecule has 0 atom stereocenters. The van der Waals surface area contributed by atoms with Crippen molar-refractivity contribution in [3.8, 4) is 0 Å². The highest BCUT2D eigenvalue weighted by Gasteiger charge is 2.03. The molecule has 17 heavy (non-hydrogen) atoms. The molecule has 0 aromatic carbocycles. The number of nitrogens with zero attached hydrogens (tertiary/aromatic N) is 3. The Kier molecular flexibility index (Phi) is 4.06. The number of hydrogen-bond donors (Lipinski definition) is 1. The number of nitrogen functional groups attached to an aromatic ring is 1. The highest BCUT2D eigenvalue weighted by Crippen LogP contribution is 2.11. The predicted octanol–water partition coefficient (Wildman–Crippen LogP) is 1.79. The molecule has 2 aromatic rings. The van der Waals surface area contributed by atoms with Crippen LogP contribution < -0.4 is 5.73 Å². The van der Waals surface area contributed by atoms with Gasteiger partial charge in [-0.2, -0.15) is 0 Å². The molecule has 0 spiro atoms. The van der Waals surface area contributed by atoms with Crippen LogP contribution in [0.1, 0.15) is 11.4 Å². The summed E-state index contributed by atoms with van der Waals surface area (Å²) >= 11 is 1.50. The maximum absolute atomic E-state index is 5.59. The van der Waals surface area contributed by atoms with E-state index in [1.54, 1.807) is 0 Å². The lowest BCUT2D eigenvalue weighted by Gasteiger charge is -2.15. The van der Waals surface area contributed by atoms with Gasteiger partial charge in [0.15, 0.2) is 5.13 Å². The number of rotatable bonds is 5. The largest absolute Gasteiger partial charge is 0.375 e. The van der Waals surface area contributed by atoms with E-state index in [9.17, 15) is 0 Å². The first-order chi connectivity index (χ1) is 8.24. The second kappa shape index (κ2) is 5.75. The molecule has 0 aliphatic heterocycles. The molecule has 4 nitrogen and oxygen atoms in total. The van der Waals surface area contributed by atoms with Crippen molar-refractivity contribution in [3.63, 3.8) is 0 Å². The first kappa shape index (κ1) is 12.0. The van der Waals surface area contributed by atoms with E-state index in [0.29, 0.717) is 5.13 Å². The zero-order valence-corrected chi connectivity index (χ0v) is 10.7. The fraction of sp³-hybridized carbons (Fsp3) is 0.333. The summed E-state index contributed by atoms with van der Waals surface area (Å²) in [5.41, 5.74) is 7.75. The van der Waals surface area contributed by atoms with Gasteiger partial charge in [0.1, 0.15) is 0 Å². The summed E-state index contributed by atoms with van der Waals surface area (Å²) in [7, 11) is 2.09. The second-order valence-electron chi connectivity index (χ2n) is 3.99. The molecule has 0 aliphatic rings. The zero-order valence-electron chi connectivity index (χ0n) is 9.84. The minimum absolute atomic E-state index is 0.646. The first-order valence-electron chi connectivity index (χ1n) is 5.52. The van der Waals surface area contributed by atoms with Gasteiger partial charge >= 0.3 is 0 Å². The van der Waals surface area contributed by atoms with Crippen LogP contribution in [0, 0.1) is 0 Å². The Morgan fingerprint density at radius 3 is 2.88 bits per heavy atom. The lowest BCUT2D eigenvalue weighted by atomic mass is 10.3. The molecule has 0 fully saturated rings. The molecule has 2 aromatic heterocycles. The molecule has 0 bridgehead atoms. The number of likely N-dealkylation sites (N-methyl/N-ethyl adjacent to an activating group) is 1. The van der Waals surface area contributed by atoms with Crippen LogP contribution in [-0.2, 0) is 13.0 Å². The second-order valence-corrected chi connectivity index (χ2v) is 4.88. The molecular formula is C12H16N4S. The van der Waals surface area contributed by atoms with Gasteiger partial charge in [-0.3, -0.25) is 4.98 Å². The lowest BCUT2D eigenvalue weighted by Crippen LogP contribution is -2.21. The molecule has 0 saturated heterocycles. The van der Waals surface area contributed by atoms with Crippen LogP contribution >= 0.6 is 11.3 Å². The summed E-state index contributed by atoms with van der Waals surface area (Å²) in [6.07, 6.45) is 2.75. The molecule has 2 rings (SSSR count). The van der Waals surface area contributed by atoms with Crippen LogP contribution in [0.4, 0.5) is 5.13 Å². The Hall–Kier alpha value is -1.46. The molecule has 0 saturated carbocycles. The van der Waals surface area contributed by atoms with Crippen LogP contribution in [0.3, 0.4) is 0 Å². The van der Waals surface area contributed by atoms with Gasteiger partial charge < -0.3 is 10.6 Å². The number of nitrogens with two attached hydrogens (primary N) is 1. The summed E-state index contributed by atoms with van der Waals surface area (Å²) < 4.78 is 0. The van der Waals surface area contributed by atoms with Crippen molar-refractivity contribution < 1.29 is 0 Å². The SMILES string of the molecule is CN(CCc1csc(N)n1)Cc1ccccn1. The third-order valence-corrected chi connectivity index (χ3v) is 3.20. The monoisotopic (exact) mass is 248 g/mol. The van der Waals surface area contributed by atoms with Crippen LogP contribution in [-0.4, -0.2) is 28.5 Å². The molecule has 2 heterocycles. The van der Waals surface area contributed by atoms with Crippen molar-refractivity contribution in [2.24, 2.45) is 0 Å². The molecule has 0 unspecified atom stereocenters.